The zero-order valence-corrected chi connectivity index (χ0v) is 17.1. The summed E-state index contributed by atoms with van der Waals surface area (Å²) in [4.78, 5) is 17.1. The third-order valence-electron chi connectivity index (χ3n) is 5.03. The van der Waals surface area contributed by atoms with E-state index in [1.54, 1.807) is 19.5 Å². The third kappa shape index (κ3) is 3.67. The number of pyridine rings is 1. The van der Waals surface area contributed by atoms with Crippen LogP contribution >= 0.6 is 0 Å². The zero-order valence-electron chi connectivity index (χ0n) is 17.1. The molecule has 0 spiro atoms. The molecule has 0 saturated carbocycles. The third-order valence-corrected chi connectivity index (χ3v) is 5.03. The summed E-state index contributed by atoms with van der Waals surface area (Å²) in [5.74, 6) is 1.03. The molecule has 6 heteroatoms. The molecule has 0 atom stereocenters. The summed E-state index contributed by atoms with van der Waals surface area (Å²) >= 11 is 0. The molecular formula is C24H22N4O2. The lowest BCUT2D eigenvalue weighted by Crippen LogP contribution is -2.18. The summed E-state index contributed by atoms with van der Waals surface area (Å²) in [5, 5.41) is 6.14. The zero-order chi connectivity index (χ0) is 21.1. The quantitative estimate of drug-likeness (QED) is 0.400. The van der Waals surface area contributed by atoms with Crippen LogP contribution in [0.15, 0.2) is 72.0 Å². The van der Waals surface area contributed by atoms with Gasteiger partial charge in [-0.2, -0.15) is 5.10 Å². The molecule has 0 bridgehead atoms. The number of rotatable bonds is 5. The molecule has 1 N–H and O–H groups in total. The lowest BCUT2D eigenvalue weighted by molar-refractivity contribution is 0.0952. The number of hydrogen-bond acceptors (Lipinski definition) is 4. The van der Waals surface area contributed by atoms with Gasteiger partial charge in [-0.25, -0.2) is 10.4 Å². The van der Waals surface area contributed by atoms with Crippen molar-refractivity contribution in [1.82, 2.24) is 15.0 Å². The Hall–Kier alpha value is -3.93. The molecule has 0 saturated heterocycles. The number of aromatic nitrogens is 2. The molecule has 150 valence electrons. The monoisotopic (exact) mass is 398 g/mol. The summed E-state index contributed by atoms with van der Waals surface area (Å²) in [6.07, 6.45) is 3.41. The number of hydrogen-bond donors (Lipinski definition) is 1. The fourth-order valence-corrected chi connectivity index (χ4v) is 3.54. The molecule has 6 nitrogen and oxygen atoms in total. The van der Waals surface area contributed by atoms with Crippen molar-refractivity contribution in [2.24, 2.45) is 5.10 Å². The van der Waals surface area contributed by atoms with E-state index in [-0.39, 0.29) is 5.91 Å². The number of amides is 1. The predicted octanol–water partition coefficient (Wildman–Crippen LogP) is 4.41. The number of carbonyl (C=O) groups is 1. The lowest BCUT2D eigenvalue weighted by Gasteiger charge is -2.09. The van der Waals surface area contributed by atoms with Crippen LogP contribution in [0.5, 0.6) is 5.75 Å². The number of hydrazone groups is 1. The van der Waals surface area contributed by atoms with Crippen LogP contribution in [0.1, 0.15) is 27.3 Å². The molecular weight excluding hydrogens is 376 g/mol. The van der Waals surface area contributed by atoms with Crippen LogP contribution in [-0.2, 0) is 0 Å². The number of methoxy groups -OCH3 is 1. The van der Waals surface area contributed by atoms with Gasteiger partial charge in [-0.1, -0.05) is 30.3 Å². The van der Waals surface area contributed by atoms with Crippen molar-refractivity contribution in [1.29, 1.82) is 0 Å². The average molecular weight is 398 g/mol. The van der Waals surface area contributed by atoms with Gasteiger partial charge in [-0.15, -0.1) is 0 Å². The van der Waals surface area contributed by atoms with Crippen LogP contribution < -0.4 is 10.2 Å². The Balaban J connectivity index is 1.57. The van der Waals surface area contributed by atoms with Gasteiger partial charge in [0.2, 0.25) is 0 Å². The van der Waals surface area contributed by atoms with E-state index in [4.69, 9.17) is 4.74 Å². The lowest BCUT2D eigenvalue weighted by atomic mass is 10.1. The van der Waals surface area contributed by atoms with Crippen molar-refractivity contribution in [2.45, 2.75) is 13.8 Å². The molecule has 0 fully saturated rings. The number of nitrogens with one attached hydrogen (secondary N) is 1. The van der Waals surface area contributed by atoms with Crippen molar-refractivity contribution in [3.05, 3.63) is 89.4 Å². The first-order valence-electron chi connectivity index (χ1n) is 9.59. The highest BCUT2D eigenvalue weighted by Crippen LogP contribution is 2.26. The van der Waals surface area contributed by atoms with Crippen molar-refractivity contribution in [2.75, 3.05) is 7.11 Å². The number of ether oxygens (including phenoxy) is 1. The molecule has 0 unspecified atom stereocenters. The maximum Gasteiger partial charge on any atom is 0.275 e. The minimum Gasteiger partial charge on any atom is -0.496 e. The summed E-state index contributed by atoms with van der Waals surface area (Å²) in [5.41, 5.74) is 5.98. The van der Waals surface area contributed by atoms with Gasteiger partial charge in [0.15, 0.2) is 0 Å². The van der Waals surface area contributed by atoms with Gasteiger partial charge in [0.25, 0.3) is 5.91 Å². The summed E-state index contributed by atoms with van der Waals surface area (Å²) in [7, 11) is 1.55. The molecule has 2 aromatic heterocycles. The van der Waals surface area contributed by atoms with E-state index in [0.29, 0.717) is 11.3 Å². The number of carbonyl (C=O) groups excluding carboxylic acids is 1. The second-order valence-electron chi connectivity index (χ2n) is 6.95. The topological polar surface area (TPSA) is 68.5 Å². The van der Waals surface area contributed by atoms with E-state index < -0.39 is 0 Å². The second-order valence-corrected chi connectivity index (χ2v) is 6.95. The highest BCUT2D eigenvalue weighted by Gasteiger charge is 2.14. The fraction of sp³-hybridized carbons (Fsp3) is 0.125. The number of aryl methyl sites for hydroxylation is 1. The standard InChI is InChI=1S/C24H22N4O2/c1-16-12-20(17(2)28(16)23-10-6-7-11-25-23)15-26-27-24(29)21-13-18-8-4-5-9-19(18)14-22(21)30-3/h4-15H,1-3H3,(H,27,29). The van der Waals surface area contributed by atoms with E-state index in [9.17, 15) is 4.79 Å². The molecule has 0 aliphatic rings. The van der Waals surface area contributed by atoms with Crippen molar-refractivity contribution < 1.29 is 9.53 Å². The minimum atomic E-state index is -0.326. The van der Waals surface area contributed by atoms with Crippen LogP contribution in [0.3, 0.4) is 0 Å². The molecule has 2 heterocycles. The van der Waals surface area contributed by atoms with Gasteiger partial charge in [0.1, 0.15) is 11.6 Å². The van der Waals surface area contributed by atoms with Crippen molar-refractivity contribution in [3.8, 4) is 11.6 Å². The average Bonchev–Trinajstić information content (AvgIpc) is 3.06. The first-order chi connectivity index (χ1) is 14.6. The molecule has 30 heavy (non-hydrogen) atoms. The Morgan fingerprint density at radius 3 is 2.50 bits per heavy atom. The van der Waals surface area contributed by atoms with Crippen LogP contribution in [0.25, 0.3) is 16.6 Å². The number of fused-ring (bicyclic) bond motifs is 1. The Morgan fingerprint density at radius 2 is 1.80 bits per heavy atom. The smallest absolute Gasteiger partial charge is 0.275 e. The van der Waals surface area contributed by atoms with Crippen LogP contribution in [0.4, 0.5) is 0 Å². The van der Waals surface area contributed by atoms with Crippen LogP contribution in [0, 0.1) is 13.8 Å². The summed E-state index contributed by atoms with van der Waals surface area (Å²) in [6, 6.07) is 19.3. The van der Waals surface area contributed by atoms with E-state index in [1.165, 1.54) is 0 Å². The first-order valence-corrected chi connectivity index (χ1v) is 9.59. The normalized spacial score (nSPS) is 11.2. The minimum absolute atomic E-state index is 0.326. The molecule has 1 amide bonds. The van der Waals surface area contributed by atoms with E-state index in [0.717, 1.165) is 33.5 Å². The van der Waals surface area contributed by atoms with Gasteiger partial charge < -0.3 is 9.30 Å². The maximum atomic E-state index is 12.7. The molecule has 2 aromatic carbocycles. The van der Waals surface area contributed by atoms with Crippen molar-refractivity contribution in [3.63, 3.8) is 0 Å². The molecule has 0 aliphatic carbocycles. The summed E-state index contributed by atoms with van der Waals surface area (Å²) < 4.78 is 7.45. The SMILES string of the molecule is COc1cc2ccccc2cc1C(=O)NN=Cc1cc(C)n(-c2ccccn2)c1C. The van der Waals surface area contributed by atoms with Crippen LogP contribution in [0.2, 0.25) is 0 Å². The highest BCUT2D eigenvalue weighted by atomic mass is 16.5. The van der Waals surface area contributed by atoms with E-state index in [1.807, 2.05) is 74.5 Å². The van der Waals surface area contributed by atoms with Gasteiger partial charge in [0.05, 0.1) is 18.9 Å². The van der Waals surface area contributed by atoms with Gasteiger partial charge >= 0.3 is 0 Å². The fourth-order valence-electron chi connectivity index (χ4n) is 3.54. The number of benzene rings is 2. The van der Waals surface area contributed by atoms with Gasteiger partial charge in [-0.3, -0.25) is 4.79 Å². The summed E-state index contributed by atoms with van der Waals surface area (Å²) in [6.45, 7) is 4.01. The Labute approximate surface area is 174 Å². The van der Waals surface area contributed by atoms with Gasteiger partial charge in [-0.05, 0) is 55.0 Å². The molecule has 0 radical (unpaired) electrons. The molecule has 0 aliphatic heterocycles. The molecule has 4 rings (SSSR count). The highest BCUT2D eigenvalue weighted by molar-refractivity contribution is 6.02. The predicted molar refractivity (Wildman–Crippen MR) is 119 cm³/mol. The Morgan fingerprint density at radius 1 is 1.07 bits per heavy atom. The number of nitrogens with zero attached hydrogens (tertiary/aromatic N) is 3. The second kappa shape index (κ2) is 8.21. The van der Waals surface area contributed by atoms with E-state index in [2.05, 4.69) is 20.1 Å². The van der Waals surface area contributed by atoms with Crippen LogP contribution in [-0.4, -0.2) is 28.8 Å². The maximum absolute atomic E-state index is 12.7. The largest absolute Gasteiger partial charge is 0.496 e. The Kier molecular flexibility index (Phi) is 5.30. The van der Waals surface area contributed by atoms with Crippen molar-refractivity contribution >= 4 is 22.9 Å². The van der Waals surface area contributed by atoms with E-state index >= 15 is 0 Å². The Bertz CT molecular complexity index is 1240. The van der Waals surface area contributed by atoms with Gasteiger partial charge in [0, 0.05) is 23.1 Å². The first kappa shape index (κ1) is 19.4. The molecule has 4 aromatic rings.